The van der Waals surface area contributed by atoms with E-state index in [0.29, 0.717) is 10.9 Å². The van der Waals surface area contributed by atoms with Crippen LogP contribution in [0.2, 0.25) is 0 Å². The minimum absolute atomic E-state index is 0.216. The molecule has 0 aliphatic carbocycles. The average molecular weight is 200 g/mol. The second kappa shape index (κ2) is 4.61. The van der Waals surface area contributed by atoms with E-state index in [-0.39, 0.29) is 6.54 Å². The number of hydrogen-bond acceptors (Lipinski definition) is 5. The molecule has 0 saturated carbocycles. The molecule has 1 aromatic heterocycles. The van der Waals surface area contributed by atoms with Crippen LogP contribution in [0.15, 0.2) is 17.8 Å². The second-order valence-electron chi connectivity index (χ2n) is 2.11. The number of carboxylic acid groups (broad SMARTS) is 1. The molecule has 0 unspecified atom stereocenters. The fourth-order valence-electron chi connectivity index (χ4n) is 0.661. The van der Waals surface area contributed by atoms with Gasteiger partial charge in [-0.25, -0.2) is 4.68 Å². The minimum atomic E-state index is -0.965. The molecule has 0 atom stereocenters. The lowest BCUT2D eigenvalue weighted by molar-refractivity contribution is -0.138. The van der Waals surface area contributed by atoms with E-state index in [2.05, 4.69) is 22.1 Å². The molecule has 13 heavy (non-hydrogen) atoms. The third kappa shape index (κ3) is 2.86. The van der Waals surface area contributed by atoms with Gasteiger partial charge in [0, 0.05) is 5.75 Å². The molecule has 1 heterocycles. The van der Waals surface area contributed by atoms with Crippen LogP contribution in [0.5, 0.6) is 0 Å². The highest BCUT2D eigenvalue weighted by Gasteiger charge is 2.08. The average Bonchev–Trinajstić information content (AvgIpc) is 2.48. The van der Waals surface area contributed by atoms with E-state index in [1.165, 1.54) is 16.4 Å². The zero-order chi connectivity index (χ0) is 9.68. The molecule has 0 aromatic carbocycles. The summed E-state index contributed by atoms with van der Waals surface area (Å²) < 4.78 is 1.23. The highest BCUT2D eigenvalue weighted by Crippen LogP contribution is 2.12. The first-order chi connectivity index (χ1) is 6.24. The Hall–Kier alpha value is -1.37. The van der Waals surface area contributed by atoms with Crippen LogP contribution in [0.1, 0.15) is 0 Å². The van der Waals surface area contributed by atoms with Crippen molar-refractivity contribution in [2.24, 2.45) is 0 Å². The van der Waals surface area contributed by atoms with Gasteiger partial charge >= 0.3 is 5.97 Å². The minimum Gasteiger partial charge on any atom is -0.480 e. The van der Waals surface area contributed by atoms with Crippen LogP contribution in [-0.2, 0) is 11.3 Å². The van der Waals surface area contributed by atoms with Gasteiger partial charge in [0.05, 0.1) is 0 Å². The molecule has 0 saturated heterocycles. The number of nitrogens with zero attached hydrogens (tertiary/aromatic N) is 4. The van der Waals surface area contributed by atoms with Crippen molar-refractivity contribution in [1.29, 1.82) is 0 Å². The Bertz CT molecular complexity index is 311. The number of thioether (sulfide) groups is 1. The quantitative estimate of drug-likeness (QED) is 0.533. The van der Waals surface area contributed by atoms with E-state index in [1.54, 1.807) is 6.08 Å². The summed E-state index contributed by atoms with van der Waals surface area (Å²) in [5, 5.41) is 19.5. The molecule has 1 N–H and O–H groups in total. The zero-order valence-electron chi connectivity index (χ0n) is 6.75. The van der Waals surface area contributed by atoms with Gasteiger partial charge in [-0.2, -0.15) is 0 Å². The zero-order valence-corrected chi connectivity index (χ0v) is 7.57. The normalized spacial score (nSPS) is 9.85. The maximum Gasteiger partial charge on any atom is 0.325 e. The first-order valence-electron chi connectivity index (χ1n) is 3.45. The fraction of sp³-hybridized carbons (Fsp3) is 0.333. The van der Waals surface area contributed by atoms with Crippen molar-refractivity contribution < 1.29 is 9.90 Å². The van der Waals surface area contributed by atoms with Crippen molar-refractivity contribution in [3.8, 4) is 0 Å². The summed E-state index contributed by atoms with van der Waals surface area (Å²) >= 11 is 1.34. The van der Waals surface area contributed by atoms with E-state index in [9.17, 15) is 4.79 Å². The van der Waals surface area contributed by atoms with Crippen LogP contribution < -0.4 is 0 Å². The summed E-state index contributed by atoms with van der Waals surface area (Å²) in [5.74, 6) is -0.312. The molecule has 0 radical (unpaired) electrons. The van der Waals surface area contributed by atoms with E-state index < -0.39 is 5.97 Å². The Kier molecular flexibility index (Phi) is 3.44. The van der Waals surface area contributed by atoms with Crippen LogP contribution in [-0.4, -0.2) is 37.0 Å². The van der Waals surface area contributed by atoms with Crippen molar-refractivity contribution in [1.82, 2.24) is 20.2 Å². The molecule has 0 aliphatic heterocycles. The van der Waals surface area contributed by atoms with Crippen LogP contribution in [0.4, 0.5) is 0 Å². The lowest BCUT2D eigenvalue weighted by atomic mass is 10.7. The molecular formula is C6H8N4O2S. The van der Waals surface area contributed by atoms with Gasteiger partial charge in [-0.3, -0.25) is 4.79 Å². The molecule has 6 nitrogen and oxygen atoms in total. The van der Waals surface area contributed by atoms with Gasteiger partial charge in [0.1, 0.15) is 6.54 Å². The first-order valence-corrected chi connectivity index (χ1v) is 4.44. The Balaban J connectivity index is 2.65. The molecular weight excluding hydrogens is 192 g/mol. The maximum atomic E-state index is 10.3. The van der Waals surface area contributed by atoms with Gasteiger partial charge in [-0.1, -0.05) is 17.8 Å². The van der Waals surface area contributed by atoms with Crippen LogP contribution >= 0.6 is 11.8 Å². The number of tetrazole rings is 1. The molecule has 7 heteroatoms. The third-order valence-corrected chi connectivity index (χ3v) is 2.07. The molecule has 1 aromatic rings. The van der Waals surface area contributed by atoms with Gasteiger partial charge in [-0.05, 0) is 10.4 Å². The number of carbonyl (C=O) groups is 1. The molecule has 70 valence electrons. The Morgan fingerprint density at radius 1 is 1.77 bits per heavy atom. The highest BCUT2D eigenvalue weighted by molar-refractivity contribution is 7.99. The van der Waals surface area contributed by atoms with Crippen molar-refractivity contribution >= 4 is 17.7 Å². The molecule has 0 spiro atoms. The number of aromatic nitrogens is 4. The van der Waals surface area contributed by atoms with Crippen molar-refractivity contribution in [2.75, 3.05) is 5.75 Å². The van der Waals surface area contributed by atoms with Gasteiger partial charge < -0.3 is 5.11 Å². The standard InChI is InChI=1S/C6H8N4O2S/c1-2-3-13-6-7-8-9-10(6)4-5(11)12/h2H,1,3-4H2,(H,11,12). The summed E-state index contributed by atoms with van der Waals surface area (Å²) in [6, 6.07) is 0. The Labute approximate surface area is 78.6 Å². The monoisotopic (exact) mass is 200 g/mol. The first kappa shape index (κ1) is 9.72. The summed E-state index contributed by atoms with van der Waals surface area (Å²) in [7, 11) is 0. The molecule has 0 aliphatic rings. The van der Waals surface area contributed by atoms with Crippen LogP contribution in [0.3, 0.4) is 0 Å². The Morgan fingerprint density at radius 2 is 2.54 bits per heavy atom. The summed E-state index contributed by atoms with van der Waals surface area (Å²) in [5.41, 5.74) is 0. The number of hydrogen-bond donors (Lipinski definition) is 1. The summed E-state index contributed by atoms with van der Waals surface area (Å²) in [6.07, 6.45) is 1.70. The second-order valence-corrected chi connectivity index (χ2v) is 3.10. The van der Waals surface area contributed by atoms with E-state index in [0.717, 1.165) is 0 Å². The number of aliphatic carboxylic acids is 1. The smallest absolute Gasteiger partial charge is 0.325 e. The number of rotatable bonds is 5. The van der Waals surface area contributed by atoms with Crippen molar-refractivity contribution in [2.45, 2.75) is 11.7 Å². The van der Waals surface area contributed by atoms with Gasteiger partial charge in [0.2, 0.25) is 5.16 Å². The third-order valence-electron chi connectivity index (χ3n) is 1.11. The van der Waals surface area contributed by atoms with Crippen molar-refractivity contribution in [3.05, 3.63) is 12.7 Å². The molecule has 1 rings (SSSR count). The molecule has 0 bridgehead atoms. The van der Waals surface area contributed by atoms with Crippen LogP contribution in [0.25, 0.3) is 0 Å². The predicted octanol–water partition coefficient (Wildman–Crippen LogP) is 0.0358. The van der Waals surface area contributed by atoms with E-state index in [1.807, 2.05) is 0 Å². The lowest BCUT2D eigenvalue weighted by Gasteiger charge is -1.97. The predicted molar refractivity (Wildman–Crippen MR) is 46.4 cm³/mol. The highest BCUT2D eigenvalue weighted by atomic mass is 32.2. The SMILES string of the molecule is C=CCSc1nnnn1CC(=O)O. The maximum absolute atomic E-state index is 10.3. The lowest BCUT2D eigenvalue weighted by Crippen LogP contribution is -2.11. The van der Waals surface area contributed by atoms with E-state index in [4.69, 9.17) is 5.11 Å². The largest absolute Gasteiger partial charge is 0.480 e. The fourth-order valence-corrected chi connectivity index (χ4v) is 1.27. The van der Waals surface area contributed by atoms with Gasteiger partial charge in [0.25, 0.3) is 0 Å². The number of carboxylic acids is 1. The molecule has 0 amide bonds. The Morgan fingerprint density at radius 3 is 3.15 bits per heavy atom. The summed E-state index contributed by atoms with van der Waals surface area (Å²) in [4.78, 5) is 10.3. The van der Waals surface area contributed by atoms with E-state index >= 15 is 0 Å². The summed E-state index contributed by atoms with van der Waals surface area (Å²) in [6.45, 7) is 3.32. The van der Waals surface area contributed by atoms with Crippen LogP contribution in [0, 0.1) is 0 Å². The van der Waals surface area contributed by atoms with Gasteiger partial charge in [-0.15, -0.1) is 11.7 Å². The molecule has 0 fully saturated rings. The van der Waals surface area contributed by atoms with Crippen molar-refractivity contribution in [3.63, 3.8) is 0 Å². The van der Waals surface area contributed by atoms with Gasteiger partial charge in [0.15, 0.2) is 0 Å². The topological polar surface area (TPSA) is 80.9 Å².